The van der Waals surface area contributed by atoms with Crippen LogP contribution in [0.15, 0.2) is 54.1 Å². The van der Waals surface area contributed by atoms with E-state index in [9.17, 15) is 15.0 Å². The molecule has 1 aromatic heterocycles. The third kappa shape index (κ3) is 4.48. The number of thiophene rings is 1. The number of Topliss-reactive ketones (excluding diaryl/α,β-unsaturated/α-hetero) is 1. The van der Waals surface area contributed by atoms with Crippen molar-refractivity contribution in [3.05, 3.63) is 59.0 Å². The predicted octanol–water partition coefficient (Wildman–Crippen LogP) is 9.84. The third-order valence-electron chi connectivity index (χ3n) is 21.5. The van der Waals surface area contributed by atoms with Gasteiger partial charge in [0.05, 0.1) is 28.5 Å². The van der Waals surface area contributed by atoms with Gasteiger partial charge in [0.25, 0.3) is 5.91 Å². The van der Waals surface area contributed by atoms with Crippen LogP contribution in [0.25, 0.3) is 10.1 Å². The van der Waals surface area contributed by atoms with E-state index in [4.69, 9.17) is 4.74 Å². The second kappa shape index (κ2) is 11.8. The molecule has 1 saturated heterocycles. The molecule has 9 fully saturated rings. The highest BCUT2D eigenvalue weighted by molar-refractivity contribution is 7.21. The minimum atomic E-state index is -1.24. The lowest BCUT2D eigenvalue weighted by Gasteiger charge is -2.71. The Morgan fingerprint density at radius 2 is 1.48 bits per heavy atom. The van der Waals surface area contributed by atoms with Crippen LogP contribution in [0.2, 0.25) is 0 Å². The Bertz CT molecular complexity index is 2260. The smallest absolute Gasteiger partial charge is 0.313 e. The van der Waals surface area contributed by atoms with E-state index in [0.717, 1.165) is 89.7 Å². The fourth-order valence-corrected chi connectivity index (χ4v) is 19.2. The first-order valence-electron chi connectivity index (χ1n) is 23.8. The number of aliphatic hydroxyl groups is 2. The van der Waals surface area contributed by atoms with Gasteiger partial charge in [0.2, 0.25) is 0 Å². The summed E-state index contributed by atoms with van der Waals surface area (Å²) in [7, 11) is 0. The van der Waals surface area contributed by atoms with E-state index in [1.54, 1.807) is 11.3 Å². The van der Waals surface area contributed by atoms with Gasteiger partial charge in [-0.25, -0.2) is 0 Å². The highest BCUT2D eigenvalue weighted by Gasteiger charge is 2.78. The van der Waals surface area contributed by atoms with Crippen LogP contribution >= 0.6 is 11.3 Å². The number of nitrogens with zero attached hydrogens (tertiary/aromatic N) is 1. The number of allylic oxidation sites excluding steroid dienone is 4. The molecule has 2 spiro atoms. The summed E-state index contributed by atoms with van der Waals surface area (Å²) < 4.78 is 7.46. The Morgan fingerprint density at radius 3 is 2.15 bits per heavy atom. The molecule has 2 N–H and O–H groups in total. The molecule has 8 bridgehead atoms. The van der Waals surface area contributed by atoms with E-state index in [0.29, 0.717) is 32.2 Å². The zero-order valence-electron chi connectivity index (χ0n) is 36.5. The number of esters is 1. The summed E-state index contributed by atoms with van der Waals surface area (Å²) in [5, 5.41) is 26.0. The van der Waals surface area contributed by atoms with Crippen LogP contribution in [0, 0.1) is 67.5 Å². The van der Waals surface area contributed by atoms with Crippen LogP contribution in [-0.4, -0.2) is 63.2 Å². The fourth-order valence-electron chi connectivity index (χ4n) is 18.2. The molecule has 1 unspecified atom stereocenters. The predicted molar refractivity (Wildman–Crippen MR) is 232 cm³/mol. The molecule has 7 nitrogen and oxygen atoms in total. The van der Waals surface area contributed by atoms with Gasteiger partial charge in [-0.3, -0.25) is 14.4 Å². The SMILES string of the molecule is CC1(C)[C@@]2(C)CC[C@]1(C(=O)N(CC13CC4CC(CC(C4)C1)C3)C[C@]1(O)CC[C@H]3[C@]45C=C[C@@]6(C=C4C(=O)c4cc7ccccc7s4)CC(O)CC[C@]6(C)[C@H]5CC[C@@]31C)OC2=O. The first kappa shape index (κ1) is 38.8. The van der Waals surface area contributed by atoms with Crippen molar-refractivity contribution in [3.63, 3.8) is 0 Å². The van der Waals surface area contributed by atoms with Crippen LogP contribution in [0.4, 0.5) is 0 Å². The zero-order valence-corrected chi connectivity index (χ0v) is 37.3. The molecule has 8 saturated carbocycles. The summed E-state index contributed by atoms with van der Waals surface area (Å²) in [4.78, 5) is 47.6. The molecule has 14 rings (SSSR count). The van der Waals surface area contributed by atoms with Gasteiger partial charge in [-0.2, -0.15) is 0 Å². The minimum absolute atomic E-state index is 0.0123. The van der Waals surface area contributed by atoms with Crippen LogP contribution in [0.3, 0.4) is 0 Å². The highest BCUT2D eigenvalue weighted by Crippen LogP contribution is 2.79. The number of ketones is 1. The van der Waals surface area contributed by atoms with E-state index >= 15 is 9.59 Å². The quantitative estimate of drug-likeness (QED) is 0.164. The second-order valence-electron chi connectivity index (χ2n) is 24.0. The maximum atomic E-state index is 15.8. The number of fused-ring (bicyclic) bond motifs is 4. The molecule has 60 heavy (non-hydrogen) atoms. The average molecular weight is 832 g/mol. The summed E-state index contributed by atoms with van der Waals surface area (Å²) in [6, 6.07) is 10.3. The lowest BCUT2D eigenvalue weighted by atomic mass is 9.32. The number of hydrogen-bond acceptors (Lipinski definition) is 7. The van der Waals surface area contributed by atoms with Gasteiger partial charge in [0.15, 0.2) is 11.4 Å². The van der Waals surface area contributed by atoms with Gasteiger partial charge in [0, 0.05) is 38.5 Å². The van der Waals surface area contributed by atoms with Crippen molar-refractivity contribution in [2.45, 2.75) is 148 Å². The molecule has 2 aromatic rings. The molecule has 0 radical (unpaired) electrons. The number of rotatable bonds is 7. The number of aliphatic hydroxyl groups excluding tert-OH is 1. The maximum Gasteiger partial charge on any atom is 0.313 e. The van der Waals surface area contributed by atoms with Gasteiger partial charge in [-0.15, -0.1) is 11.3 Å². The Morgan fingerprint density at radius 1 is 0.817 bits per heavy atom. The number of carbonyl (C=O) groups excluding carboxylic acids is 3. The van der Waals surface area contributed by atoms with Crippen LogP contribution in [0.1, 0.15) is 141 Å². The van der Waals surface area contributed by atoms with Crippen LogP contribution in [0.5, 0.6) is 0 Å². The monoisotopic (exact) mass is 831 g/mol. The Kier molecular flexibility index (Phi) is 7.67. The van der Waals surface area contributed by atoms with Crippen molar-refractivity contribution in [3.8, 4) is 0 Å². The number of amides is 1. The molecule has 11 aliphatic carbocycles. The van der Waals surface area contributed by atoms with Crippen molar-refractivity contribution in [2.75, 3.05) is 13.1 Å². The first-order chi connectivity index (χ1) is 28.4. The molecular weight excluding hydrogens is 767 g/mol. The summed E-state index contributed by atoms with van der Waals surface area (Å²) in [5.74, 6) is 2.09. The third-order valence-corrected chi connectivity index (χ3v) is 22.6. The maximum absolute atomic E-state index is 15.8. The number of hydrogen-bond donors (Lipinski definition) is 2. The summed E-state index contributed by atoms with van der Waals surface area (Å²) >= 11 is 1.57. The van der Waals surface area contributed by atoms with E-state index < -0.39 is 44.4 Å². The van der Waals surface area contributed by atoms with Gasteiger partial charge in [-0.1, -0.05) is 64.1 Å². The summed E-state index contributed by atoms with van der Waals surface area (Å²) in [6.07, 6.45) is 20.5. The lowest BCUT2D eigenvalue weighted by Crippen LogP contribution is -2.68. The van der Waals surface area contributed by atoms with Crippen molar-refractivity contribution < 1.29 is 29.3 Å². The van der Waals surface area contributed by atoms with Crippen molar-refractivity contribution in [1.29, 1.82) is 0 Å². The molecule has 10 atom stereocenters. The van der Waals surface area contributed by atoms with E-state index in [1.807, 2.05) is 19.1 Å². The lowest BCUT2D eigenvalue weighted by molar-refractivity contribution is -0.191. The molecule has 2 heterocycles. The van der Waals surface area contributed by atoms with Gasteiger partial charge >= 0.3 is 5.97 Å². The largest absolute Gasteiger partial charge is 0.448 e. The van der Waals surface area contributed by atoms with E-state index in [-0.39, 0.29) is 46.9 Å². The molecule has 8 heteroatoms. The Balaban J connectivity index is 0.954. The van der Waals surface area contributed by atoms with Gasteiger partial charge in [-0.05, 0) is 161 Å². The van der Waals surface area contributed by atoms with Crippen molar-refractivity contribution in [1.82, 2.24) is 4.90 Å². The summed E-state index contributed by atoms with van der Waals surface area (Å²) in [5.41, 5.74) is -4.60. The zero-order chi connectivity index (χ0) is 41.7. The van der Waals surface area contributed by atoms with Gasteiger partial charge < -0.3 is 19.8 Å². The molecular formula is C52H65NO6S. The molecule has 320 valence electrons. The van der Waals surface area contributed by atoms with Crippen molar-refractivity contribution in [2.24, 2.45) is 67.5 Å². The average Bonchev–Trinajstić information content (AvgIpc) is 3.85. The standard InChI is InChI=1S/C52H65NO6S/c1-44(2)47(5)16-19-52(44,59-43(47)57)42(56)53(29-48-24-31-20-32(25-48)22-33(21-31)26-48)30-50(58)15-12-40-46(50,4)14-11-39-45(3)13-10-35(54)27-49(45)17-18-51(39,40)36(28-49)41(55)38-23-34-8-6-7-9-37(34)60-38/h6-9,17-18,23,28,31-33,35,39-40,54,58H,10-16,19-22,24-27,29-30H2,1-5H3/t31?,32?,33?,35?,39-,40-,45-,46+,47+,48?,49+,50-,51-,52-/m1/s1. The van der Waals surface area contributed by atoms with E-state index in [1.165, 1.54) is 19.3 Å². The number of benzene rings is 1. The van der Waals surface area contributed by atoms with Crippen molar-refractivity contribution >= 4 is 39.1 Å². The number of carbonyl (C=O) groups is 3. The molecule has 1 aliphatic heterocycles. The Hall–Kier alpha value is -2.81. The minimum Gasteiger partial charge on any atom is -0.448 e. The topological polar surface area (TPSA) is 104 Å². The van der Waals surface area contributed by atoms with Gasteiger partial charge in [0.1, 0.15) is 0 Å². The highest BCUT2D eigenvalue weighted by atomic mass is 32.1. The first-order valence-corrected chi connectivity index (χ1v) is 24.6. The Labute approximate surface area is 359 Å². The molecule has 1 aromatic carbocycles. The fraction of sp³-hybridized carbons (Fsp3) is 0.712. The normalized spacial score (nSPS) is 49.7. The van der Waals surface area contributed by atoms with Crippen LogP contribution in [-0.2, 0) is 14.3 Å². The summed E-state index contributed by atoms with van der Waals surface area (Å²) in [6.45, 7) is 11.7. The van der Waals surface area contributed by atoms with Crippen LogP contribution < -0.4 is 0 Å². The molecule has 12 aliphatic rings. The second-order valence-corrected chi connectivity index (χ2v) is 25.1. The number of ether oxygens (including phenoxy) is 1. The molecule has 1 amide bonds. The van der Waals surface area contributed by atoms with E-state index in [2.05, 4.69) is 69.0 Å².